The highest BCUT2D eigenvalue weighted by Crippen LogP contribution is 2.58. The Morgan fingerprint density at radius 3 is 2.79 bits per heavy atom. The van der Waals surface area contributed by atoms with Crippen molar-refractivity contribution in [3.63, 3.8) is 0 Å². The molecule has 126 valence electrons. The summed E-state index contributed by atoms with van der Waals surface area (Å²) < 4.78 is 4.78. The first-order chi connectivity index (χ1) is 11.5. The fourth-order valence-electron chi connectivity index (χ4n) is 4.19. The van der Waals surface area contributed by atoms with Gasteiger partial charge >= 0.3 is 5.97 Å². The summed E-state index contributed by atoms with van der Waals surface area (Å²) in [5.41, 5.74) is 1.43. The molecule has 6 nitrogen and oxygen atoms in total. The van der Waals surface area contributed by atoms with Crippen LogP contribution in [-0.4, -0.2) is 35.2 Å². The van der Waals surface area contributed by atoms with Crippen LogP contribution in [0.2, 0.25) is 5.02 Å². The van der Waals surface area contributed by atoms with E-state index in [1.165, 1.54) is 7.11 Å². The molecule has 0 unspecified atom stereocenters. The molecule has 0 radical (unpaired) electrons. The molecule has 0 atom stereocenters. The summed E-state index contributed by atoms with van der Waals surface area (Å²) in [6.07, 6.45) is 5.21. The molecule has 2 aliphatic carbocycles. The van der Waals surface area contributed by atoms with Gasteiger partial charge in [0.2, 0.25) is 0 Å². The van der Waals surface area contributed by atoms with E-state index in [2.05, 4.69) is 15.5 Å². The maximum atomic E-state index is 12.5. The summed E-state index contributed by atoms with van der Waals surface area (Å²) >= 11 is 6.10. The lowest BCUT2D eigenvalue weighted by atomic mass is 9.50. The third kappa shape index (κ3) is 2.36. The van der Waals surface area contributed by atoms with Gasteiger partial charge in [0.1, 0.15) is 0 Å². The monoisotopic (exact) mass is 347 g/mol. The number of nitrogens with zero attached hydrogens (tertiary/aromatic N) is 1. The summed E-state index contributed by atoms with van der Waals surface area (Å²) in [6, 6.07) is 3.58. The Morgan fingerprint density at radius 2 is 2.08 bits per heavy atom. The molecule has 24 heavy (non-hydrogen) atoms. The molecule has 1 amide bonds. The summed E-state index contributed by atoms with van der Waals surface area (Å²) in [7, 11) is 1.43. The number of hydrogen-bond donors (Lipinski definition) is 2. The van der Waals surface area contributed by atoms with Gasteiger partial charge in [0.15, 0.2) is 0 Å². The van der Waals surface area contributed by atoms with Crippen LogP contribution in [0.5, 0.6) is 0 Å². The van der Waals surface area contributed by atoms with Gasteiger partial charge in [0.25, 0.3) is 5.91 Å². The van der Waals surface area contributed by atoms with Gasteiger partial charge in [-0.3, -0.25) is 14.7 Å². The van der Waals surface area contributed by atoms with Crippen molar-refractivity contribution in [2.75, 3.05) is 7.11 Å². The Hall–Kier alpha value is -2.08. The lowest BCUT2D eigenvalue weighted by molar-refractivity contribution is -0.159. The fraction of sp³-hybridized carbons (Fsp3) is 0.471. The van der Waals surface area contributed by atoms with Gasteiger partial charge in [-0.15, -0.1) is 0 Å². The SMILES string of the molecule is COC(=O)[C@H]1CC2(C[C@H](NC(=O)c3ccc(Cl)c4cn[nH]c34)C2)C1. The molecule has 1 aromatic heterocycles. The van der Waals surface area contributed by atoms with Gasteiger partial charge in [0, 0.05) is 11.4 Å². The number of carbonyl (C=O) groups excluding carboxylic acids is 2. The van der Waals surface area contributed by atoms with E-state index in [1.54, 1.807) is 18.3 Å². The van der Waals surface area contributed by atoms with Crippen LogP contribution < -0.4 is 5.32 Å². The maximum absolute atomic E-state index is 12.5. The lowest BCUT2D eigenvalue weighted by Crippen LogP contribution is -2.57. The molecule has 1 aromatic carbocycles. The van der Waals surface area contributed by atoms with Crippen molar-refractivity contribution in [1.82, 2.24) is 15.5 Å². The van der Waals surface area contributed by atoms with E-state index >= 15 is 0 Å². The van der Waals surface area contributed by atoms with E-state index in [9.17, 15) is 9.59 Å². The Bertz CT molecular complexity index is 818. The molecule has 0 bridgehead atoms. The molecule has 2 aliphatic rings. The van der Waals surface area contributed by atoms with Crippen LogP contribution in [0.15, 0.2) is 18.3 Å². The van der Waals surface area contributed by atoms with E-state index in [1.807, 2.05) is 0 Å². The number of benzene rings is 1. The third-order valence-electron chi connectivity index (χ3n) is 5.39. The number of aromatic amines is 1. The van der Waals surface area contributed by atoms with Crippen LogP contribution in [0.4, 0.5) is 0 Å². The summed E-state index contributed by atoms with van der Waals surface area (Å²) in [5, 5.41) is 11.2. The van der Waals surface area contributed by atoms with E-state index < -0.39 is 0 Å². The second-order valence-electron chi connectivity index (χ2n) is 6.96. The zero-order valence-corrected chi connectivity index (χ0v) is 14.0. The number of nitrogens with one attached hydrogen (secondary N) is 2. The zero-order valence-electron chi connectivity index (χ0n) is 13.3. The number of methoxy groups -OCH3 is 1. The molecule has 2 fully saturated rings. The number of H-pyrrole nitrogens is 1. The predicted molar refractivity (Wildman–Crippen MR) is 88.8 cm³/mol. The fourth-order valence-corrected chi connectivity index (χ4v) is 4.40. The summed E-state index contributed by atoms with van der Waals surface area (Å²) in [6.45, 7) is 0. The van der Waals surface area contributed by atoms with Gasteiger partial charge in [-0.1, -0.05) is 11.6 Å². The molecule has 2 aromatic rings. The largest absolute Gasteiger partial charge is 0.469 e. The number of ether oxygens (including phenoxy) is 1. The number of rotatable bonds is 3. The van der Waals surface area contributed by atoms with E-state index in [0.29, 0.717) is 16.1 Å². The first kappa shape index (κ1) is 15.4. The van der Waals surface area contributed by atoms with Crippen LogP contribution in [0.3, 0.4) is 0 Å². The van der Waals surface area contributed by atoms with Gasteiger partial charge in [0.05, 0.1) is 35.3 Å². The van der Waals surface area contributed by atoms with Crippen molar-refractivity contribution in [2.24, 2.45) is 11.3 Å². The maximum Gasteiger partial charge on any atom is 0.308 e. The smallest absolute Gasteiger partial charge is 0.308 e. The Kier molecular flexibility index (Phi) is 3.53. The van der Waals surface area contributed by atoms with Crippen LogP contribution in [0, 0.1) is 11.3 Å². The first-order valence-electron chi connectivity index (χ1n) is 8.02. The number of aromatic nitrogens is 2. The van der Waals surface area contributed by atoms with Gasteiger partial charge in [-0.05, 0) is 43.2 Å². The summed E-state index contributed by atoms with van der Waals surface area (Å²) in [4.78, 5) is 24.0. The highest BCUT2D eigenvalue weighted by atomic mass is 35.5. The Balaban J connectivity index is 1.38. The quantitative estimate of drug-likeness (QED) is 0.836. The topological polar surface area (TPSA) is 84.1 Å². The molecule has 1 spiro atoms. The second kappa shape index (κ2) is 5.48. The normalized spacial score (nSPS) is 28.2. The molecular formula is C17H18ClN3O3. The minimum atomic E-state index is -0.121. The van der Waals surface area contributed by atoms with Crippen molar-refractivity contribution in [1.29, 1.82) is 0 Å². The number of carbonyl (C=O) groups is 2. The first-order valence-corrected chi connectivity index (χ1v) is 8.39. The van der Waals surface area contributed by atoms with Gasteiger partial charge < -0.3 is 10.1 Å². The lowest BCUT2D eigenvalue weighted by Gasteiger charge is -2.56. The molecular weight excluding hydrogens is 330 g/mol. The van der Waals surface area contributed by atoms with E-state index in [0.717, 1.165) is 31.1 Å². The number of esters is 1. The molecule has 2 N–H and O–H groups in total. The van der Waals surface area contributed by atoms with Crippen LogP contribution in [0.25, 0.3) is 10.9 Å². The van der Waals surface area contributed by atoms with Crippen molar-refractivity contribution >= 4 is 34.4 Å². The average molecular weight is 348 g/mol. The Morgan fingerprint density at radius 1 is 1.33 bits per heavy atom. The van der Waals surface area contributed by atoms with E-state index in [-0.39, 0.29) is 29.3 Å². The van der Waals surface area contributed by atoms with Crippen molar-refractivity contribution < 1.29 is 14.3 Å². The molecule has 0 saturated heterocycles. The van der Waals surface area contributed by atoms with Crippen LogP contribution in [0.1, 0.15) is 36.0 Å². The number of halogens is 1. The number of hydrogen-bond acceptors (Lipinski definition) is 4. The average Bonchev–Trinajstić information content (AvgIpc) is 2.98. The second-order valence-corrected chi connectivity index (χ2v) is 7.37. The molecule has 7 heteroatoms. The summed E-state index contributed by atoms with van der Waals surface area (Å²) in [5.74, 6) is -0.201. The minimum Gasteiger partial charge on any atom is -0.469 e. The van der Waals surface area contributed by atoms with E-state index in [4.69, 9.17) is 16.3 Å². The predicted octanol–water partition coefficient (Wildman–Crippen LogP) is 2.68. The standard InChI is InChI=1S/C17H18ClN3O3/c1-24-16(23)9-4-17(5-9)6-10(7-17)20-15(22)11-2-3-13(18)12-8-19-21-14(11)12/h2-3,8-10H,4-7H2,1H3,(H,19,21)(H,20,22)/t9-,10-,17?. The van der Waals surface area contributed by atoms with Gasteiger partial charge in [-0.2, -0.15) is 5.10 Å². The van der Waals surface area contributed by atoms with Crippen LogP contribution in [-0.2, 0) is 9.53 Å². The van der Waals surface area contributed by atoms with Crippen molar-refractivity contribution in [3.8, 4) is 0 Å². The highest BCUT2D eigenvalue weighted by Gasteiger charge is 2.55. The van der Waals surface area contributed by atoms with Crippen LogP contribution >= 0.6 is 11.6 Å². The zero-order chi connectivity index (χ0) is 16.9. The third-order valence-corrected chi connectivity index (χ3v) is 5.72. The molecule has 1 heterocycles. The van der Waals surface area contributed by atoms with Gasteiger partial charge in [-0.25, -0.2) is 0 Å². The molecule has 2 saturated carbocycles. The minimum absolute atomic E-state index is 0.0348. The number of fused-ring (bicyclic) bond motifs is 1. The molecule has 0 aliphatic heterocycles. The van der Waals surface area contributed by atoms with Crippen molar-refractivity contribution in [3.05, 3.63) is 28.9 Å². The van der Waals surface area contributed by atoms with Crippen molar-refractivity contribution in [2.45, 2.75) is 31.7 Å². The Labute approximate surface area is 143 Å². The highest BCUT2D eigenvalue weighted by molar-refractivity contribution is 6.35. The molecule has 4 rings (SSSR count). The number of amides is 1.